The summed E-state index contributed by atoms with van der Waals surface area (Å²) in [6.07, 6.45) is 5.92. The zero-order valence-electron chi connectivity index (χ0n) is 19.9. The number of allylic oxidation sites excluding steroid dienone is 1. The van der Waals surface area contributed by atoms with Crippen molar-refractivity contribution in [2.24, 2.45) is 5.41 Å². The third-order valence-electron chi connectivity index (χ3n) is 6.56. The van der Waals surface area contributed by atoms with Crippen molar-refractivity contribution < 1.29 is 17.9 Å². The van der Waals surface area contributed by atoms with Crippen molar-refractivity contribution in [2.45, 2.75) is 46.8 Å². The summed E-state index contributed by atoms with van der Waals surface area (Å²) in [5, 5.41) is 9.97. The Hall–Kier alpha value is -2.81. The minimum atomic E-state index is -3.78. The SMILES string of the molecule is Cc1cn(-c2ccc(C=C3C(C)(C)CCN(C(C)c4ccc(F)cc4)S3(=O)=O)cc2CO)cn1. The number of halogens is 1. The fraction of sp³-hybridized carbons (Fsp3) is 0.346. The molecule has 1 unspecified atom stereocenters. The van der Waals surface area contributed by atoms with Crippen LogP contribution >= 0.6 is 0 Å². The summed E-state index contributed by atoms with van der Waals surface area (Å²) >= 11 is 0. The van der Waals surface area contributed by atoms with E-state index in [1.807, 2.05) is 56.7 Å². The molecule has 0 amide bonds. The first-order chi connectivity index (χ1) is 16.0. The van der Waals surface area contributed by atoms with E-state index in [0.717, 1.165) is 16.9 Å². The Bertz CT molecular complexity index is 1330. The van der Waals surface area contributed by atoms with Crippen LogP contribution in [-0.4, -0.2) is 33.9 Å². The van der Waals surface area contributed by atoms with E-state index in [-0.39, 0.29) is 12.4 Å². The largest absolute Gasteiger partial charge is 0.392 e. The Morgan fingerprint density at radius 1 is 1.21 bits per heavy atom. The lowest BCUT2D eigenvalue weighted by Gasteiger charge is -2.41. The maximum atomic E-state index is 13.8. The van der Waals surface area contributed by atoms with E-state index < -0.39 is 21.5 Å². The van der Waals surface area contributed by atoms with E-state index in [1.165, 1.54) is 16.4 Å². The molecular weight excluding hydrogens is 453 g/mol. The summed E-state index contributed by atoms with van der Waals surface area (Å²) in [7, 11) is -3.78. The summed E-state index contributed by atoms with van der Waals surface area (Å²) in [6, 6.07) is 11.1. The van der Waals surface area contributed by atoms with Crippen LogP contribution in [0.5, 0.6) is 0 Å². The fourth-order valence-corrected chi connectivity index (χ4v) is 6.67. The number of aromatic nitrogens is 2. The zero-order chi connectivity index (χ0) is 24.7. The van der Waals surface area contributed by atoms with Gasteiger partial charge in [-0.05, 0) is 61.7 Å². The first-order valence-corrected chi connectivity index (χ1v) is 12.7. The normalized spacial score (nSPS) is 19.9. The van der Waals surface area contributed by atoms with Crippen molar-refractivity contribution in [3.05, 3.63) is 88.1 Å². The van der Waals surface area contributed by atoms with Gasteiger partial charge in [0.25, 0.3) is 0 Å². The highest BCUT2D eigenvalue weighted by atomic mass is 32.2. The number of aryl methyl sites for hydroxylation is 1. The Morgan fingerprint density at radius 2 is 1.91 bits per heavy atom. The summed E-state index contributed by atoms with van der Waals surface area (Å²) in [5.41, 5.74) is 3.22. The van der Waals surface area contributed by atoms with Gasteiger partial charge in [0.05, 0.1) is 29.2 Å². The van der Waals surface area contributed by atoms with Crippen LogP contribution in [0.15, 0.2) is 59.9 Å². The van der Waals surface area contributed by atoms with Gasteiger partial charge in [-0.1, -0.05) is 32.0 Å². The number of rotatable bonds is 5. The van der Waals surface area contributed by atoms with E-state index in [0.29, 0.717) is 29.0 Å². The molecule has 6 nitrogen and oxygen atoms in total. The molecule has 0 spiro atoms. The lowest BCUT2D eigenvalue weighted by Crippen LogP contribution is -2.44. The van der Waals surface area contributed by atoms with Gasteiger partial charge < -0.3 is 9.67 Å². The predicted octanol–water partition coefficient (Wildman–Crippen LogP) is 4.98. The molecule has 8 heteroatoms. The number of aliphatic hydroxyl groups excluding tert-OH is 1. The average molecular weight is 484 g/mol. The van der Waals surface area contributed by atoms with Gasteiger partial charge in [0.15, 0.2) is 0 Å². The van der Waals surface area contributed by atoms with E-state index in [9.17, 15) is 17.9 Å². The molecule has 1 aliphatic rings. The molecule has 180 valence electrons. The van der Waals surface area contributed by atoms with Crippen molar-refractivity contribution in [3.63, 3.8) is 0 Å². The van der Waals surface area contributed by atoms with Crippen molar-refractivity contribution in [2.75, 3.05) is 6.54 Å². The van der Waals surface area contributed by atoms with Gasteiger partial charge in [-0.2, -0.15) is 4.31 Å². The van der Waals surface area contributed by atoms with Crippen molar-refractivity contribution in [3.8, 4) is 5.69 Å². The van der Waals surface area contributed by atoms with Crippen molar-refractivity contribution in [1.29, 1.82) is 0 Å². The highest BCUT2D eigenvalue weighted by molar-refractivity contribution is 7.93. The average Bonchev–Trinajstić information content (AvgIpc) is 3.22. The number of hydrogen-bond donors (Lipinski definition) is 1. The molecule has 0 aliphatic carbocycles. The highest BCUT2D eigenvalue weighted by Crippen LogP contribution is 2.44. The number of sulfonamides is 1. The van der Waals surface area contributed by atoms with Crippen LogP contribution in [0.4, 0.5) is 4.39 Å². The first-order valence-electron chi connectivity index (χ1n) is 11.3. The van der Waals surface area contributed by atoms with Crippen LogP contribution in [0.1, 0.15) is 55.6 Å². The fourth-order valence-electron chi connectivity index (χ4n) is 4.47. The summed E-state index contributed by atoms with van der Waals surface area (Å²) < 4.78 is 44.3. The zero-order valence-corrected chi connectivity index (χ0v) is 20.7. The molecule has 1 N–H and O–H groups in total. The van der Waals surface area contributed by atoms with Crippen molar-refractivity contribution in [1.82, 2.24) is 13.9 Å². The molecule has 1 aromatic heterocycles. The van der Waals surface area contributed by atoms with Crippen molar-refractivity contribution >= 4 is 16.1 Å². The topological polar surface area (TPSA) is 75.4 Å². The maximum Gasteiger partial charge on any atom is 0.240 e. The van der Waals surface area contributed by atoms with Gasteiger partial charge in [0.2, 0.25) is 10.0 Å². The molecule has 2 heterocycles. The van der Waals surface area contributed by atoms with Gasteiger partial charge in [-0.25, -0.2) is 17.8 Å². The smallest absolute Gasteiger partial charge is 0.240 e. The van der Waals surface area contributed by atoms with Gasteiger partial charge >= 0.3 is 0 Å². The number of imidazole rings is 1. The third kappa shape index (κ3) is 4.58. The first kappa shape index (κ1) is 24.3. The monoisotopic (exact) mass is 483 g/mol. The van der Waals surface area contributed by atoms with Gasteiger partial charge in [-0.15, -0.1) is 0 Å². The number of nitrogens with zero attached hydrogens (tertiary/aromatic N) is 3. The van der Waals surface area contributed by atoms with Crippen LogP contribution in [0.3, 0.4) is 0 Å². The van der Waals surface area contributed by atoms with E-state index in [4.69, 9.17) is 0 Å². The summed E-state index contributed by atoms with van der Waals surface area (Å²) in [4.78, 5) is 4.57. The molecule has 4 rings (SSSR count). The lowest BCUT2D eigenvalue weighted by molar-refractivity contribution is 0.268. The molecule has 0 saturated carbocycles. The number of benzene rings is 2. The molecule has 1 aliphatic heterocycles. The Labute approximate surface area is 200 Å². The minimum Gasteiger partial charge on any atom is -0.392 e. The highest BCUT2D eigenvalue weighted by Gasteiger charge is 2.44. The minimum absolute atomic E-state index is 0.187. The Morgan fingerprint density at radius 3 is 2.53 bits per heavy atom. The van der Waals surface area contributed by atoms with E-state index in [2.05, 4.69) is 4.98 Å². The molecule has 0 radical (unpaired) electrons. The molecule has 1 saturated heterocycles. The molecular formula is C26H30FN3O3S. The maximum absolute atomic E-state index is 13.8. The standard InChI is InChI=1S/C26H30FN3O3S/c1-18-15-29(17-28-18)24-10-5-20(13-22(24)16-31)14-25-26(3,4)11-12-30(34(25,32)33)19(2)21-6-8-23(27)9-7-21/h5-10,13-15,17,19,31H,11-12,16H2,1-4H3. The number of aliphatic hydroxyl groups is 1. The second-order valence-electron chi connectivity index (χ2n) is 9.45. The molecule has 0 bridgehead atoms. The molecule has 34 heavy (non-hydrogen) atoms. The second kappa shape index (κ2) is 9.09. The number of hydrogen-bond acceptors (Lipinski definition) is 4. The Kier molecular flexibility index (Phi) is 6.50. The molecule has 3 aromatic rings. The second-order valence-corrected chi connectivity index (χ2v) is 11.3. The predicted molar refractivity (Wildman–Crippen MR) is 131 cm³/mol. The van der Waals surface area contributed by atoms with Crippen LogP contribution in [0.2, 0.25) is 0 Å². The quantitative estimate of drug-likeness (QED) is 0.556. The summed E-state index contributed by atoms with van der Waals surface area (Å²) in [6.45, 7) is 7.78. The molecule has 2 aromatic carbocycles. The van der Waals surface area contributed by atoms with Crippen LogP contribution in [-0.2, 0) is 16.6 Å². The van der Waals surface area contributed by atoms with E-state index >= 15 is 0 Å². The lowest BCUT2D eigenvalue weighted by atomic mass is 9.87. The Balaban J connectivity index is 1.74. The van der Waals surface area contributed by atoms with E-state index in [1.54, 1.807) is 24.5 Å². The van der Waals surface area contributed by atoms with Crippen LogP contribution < -0.4 is 0 Å². The van der Waals surface area contributed by atoms with Crippen LogP contribution in [0.25, 0.3) is 11.8 Å². The molecule has 1 atom stereocenters. The summed E-state index contributed by atoms with van der Waals surface area (Å²) in [5.74, 6) is -0.354. The van der Waals surface area contributed by atoms with Gasteiger partial charge in [0, 0.05) is 29.8 Å². The molecule has 1 fully saturated rings. The van der Waals surface area contributed by atoms with Crippen LogP contribution in [0, 0.1) is 18.2 Å². The van der Waals surface area contributed by atoms with Gasteiger partial charge in [-0.3, -0.25) is 0 Å². The third-order valence-corrected chi connectivity index (χ3v) is 8.90. The van der Waals surface area contributed by atoms with Gasteiger partial charge in [0.1, 0.15) is 5.82 Å².